The SMILES string of the molecule is COc1ccc(-c2nc(C(C)=O)cs2)cc1F. The van der Waals surface area contributed by atoms with Gasteiger partial charge in [-0.05, 0) is 18.2 Å². The molecular weight excluding hydrogens is 241 g/mol. The van der Waals surface area contributed by atoms with E-state index in [0.717, 1.165) is 0 Å². The molecular formula is C12H10FNO2S. The summed E-state index contributed by atoms with van der Waals surface area (Å²) in [4.78, 5) is 15.2. The molecule has 1 heterocycles. The average molecular weight is 251 g/mol. The molecule has 0 N–H and O–H groups in total. The summed E-state index contributed by atoms with van der Waals surface area (Å²) in [6.45, 7) is 1.45. The van der Waals surface area contributed by atoms with Crippen molar-refractivity contribution in [3.8, 4) is 16.3 Å². The third-order valence-corrected chi connectivity index (χ3v) is 3.15. The van der Waals surface area contributed by atoms with Crippen LogP contribution in [-0.2, 0) is 0 Å². The van der Waals surface area contributed by atoms with E-state index in [-0.39, 0.29) is 11.5 Å². The van der Waals surface area contributed by atoms with E-state index in [1.807, 2.05) is 0 Å². The Hall–Kier alpha value is -1.75. The smallest absolute Gasteiger partial charge is 0.178 e. The maximum atomic E-state index is 13.5. The molecule has 2 aromatic rings. The lowest BCUT2D eigenvalue weighted by Crippen LogP contribution is -1.92. The van der Waals surface area contributed by atoms with Crippen molar-refractivity contribution in [3.05, 3.63) is 35.1 Å². The summed E-state index contributed by atoms with van der Waals surface area (Å²) in [6, 6.07) is 4.60. The zero-order chi connectivity index (χ0) is 12.4. The molecule has 0 saturated carbocycles. The second-order valence-corrected chi connectivity index (χ2v) is 4.30. The van der Waals surface area contributed by atoms with Crippen molar-refractivity contribution in [2.24, 2.45) is 0 Å². The molecule has 0 saturated heterocycles. The van der Waals surface area contributed by atoms with Crippen LogP contribution in [0.5, 0.6) is 5.75 Å². The van der Waals surface area contributed by atoms with Crippen LogP contribution in [0.25, 0.3) is 10.6 Å². The van der Waals surface area contributed by atoms with Crippen LogP contribution in [0.15, 0.2) is 23.6 Å². The minimum absolute atomic E-state index is 0.0958. The first-order valence-electron chi connectivity index (χ1n) is 4.92. The lowest BCUT2D eigenvalue weighted by atomic mass is 10.2. The number of nitrogens with zero attached hydrogens (tertiary/aromatic N) is 1. The summed E-state index contributed by atoms with van der Waals surface area (Å²) in [7, 11) is 1.41. The summed E-state index contributed by atoms with van der Waals surface area (Å²) in [5.74, 6) is -0.344. The van der Waals surface area contributed by atoms with Gasteiger partial charge in [0, 0.05) is 17.9 Å². The zero-order valence-corrected chi connectivity index (χ0v) is 10.2. The van der Waals surface area contributed by atoms with Gasteiger partial charge in [-0.3, -0.25) is 4.79 Å². The Morgan fingerprint density at radius 3 is 2.76 bits per heavy atom. The van der Waals surface area contributed by atoms with Gasteiger partial charge in [-0.2, -0.15) is 0 Å². The molecule has 5 heteroatoms. The number of aromatic nitrogens is 1. The van der Waals surface area contributed by atoms with Crippen LogP contribution in [0.4, 0.5) is 4.39 Å². The van der Waals surface area contributed by atoms with Crippen molar-refractivity contribution in [1.29, 1.82) is 0 Å². The molecule has 0 atom stereocenters. The molecule has 2 rings (SSSR count). The second-order valence-electron chi connectivity index (χ2n) is 3.44. The largest absolute Gasteiger partial charge is 0.494 e. The van der Waals surface area contributed by atoms with Crippen LogP contribution in [0.3, 0.4) is 0 Å². The van der Waals surface area contributed by atoms with Crippen LogP contribution < -0.4 is 4.74 Å². The lowest BCUT2D eigenvalue weighted by molar-refractivity contribution is 0.101. The number of hydrogen-bond donors (Lipinski definition) is 0. The van der Waals surface area contributed by atoms with E-state index in [4.69, 9.17) is 4.74 Å². The first kappa shape index (κ1) is 11.7. The minimum Gasteiger partial charge on any atom is -0.494 e. The minimum atomic E-state index is -0.440. The van der Waals surface area contributed by atoms with Crippen molar-refractivity contribution in [2.45, 2.75) is 6.92 Å². The molecule has 0 bridgehead atoms. The first-order valence-corrected chi connectivity index (χ1v) is 5.80. The normalized spacial score (nSPS) is 10.3. The number of Topliss-reactive ketones (excluding diaryl/α,β-unsaturated/α-hetero) is 1. The van der Waals surface area contributed by atoms with Gasteiger partial charge in [-0.25, -0.2) is 9.37 Å². The number of halogens is 1. The van der Waals surface area contributed by atoms with Crippen LogP contribution in [0.1, 0.15) is 17.4 Å². The number of carbonyl (C=O) groups is 1. The zero-order valence-electron chi connectivity index (χ0n) is 9.36. The van der Waals surface area contributed by atoms with Crippen molar-refractivity contribution in [2.75, 3.05) is 7.11 Å². The lowest BCUT2D eigenvalue weighted by Gasteiger charge is -2.02. The van der Waals surface area contributed by atoms with E-state index in [1.54, 1.807) is 17.5 Å². The number of hydrogen-bond acceptors (Lipinski definition) is 4. The van der Waals surface area contributed by atoms with Gasteiger partial charge in [0.05, 0.1) is 7.11 Å². The molecule has 0 aliphatic rings. The summed E-state index contributed by atoms with van der Waals surface area (Å²) >= 11 is 1.31. The van der Waals surface area contributed by atoms with Crippen LogP contribution in [0.2, 0.25) is 0 Å². The second kappa shape index (κ2) is 4.63. The highest BCUT2D eigenvalue weighted by atomic mass is 32.1. The summed E-state index contributed by atoms with van der Waals surface area (Å²) < 4.78 is 18.3. The average Bonchev–Trinajstić information content (AvgIpc) is 2.78. The number of carbonyl (C=O) groups excluding carboxylic acids is 1. The highest BCUT2D eigenvalue weighted by molar-refractivity contribution is 7.13. The number of ketones is 1. The molecule has 0 spiro atoms. The molecule has 0 radical (unpaired) electrons. The highest BCUT2D eigenvalue weighted by Gasteiger charge is 2.10. The molecule has 1 aromatic heterocycles. The van der Waals surface area contributed by atoms with Gasteiger partial charge in [0.25, 0.3) is 0 Å². The molecule has 0 amide bonds. The van der Waals surface area contributed by atoms with Gasteiger partial charge in [0.15, 0.2) is 17.3 Å². The topological polar surface area (TPSA) is 39.2 Å². The van der Waals surface area contributed by atoms with Gasteiger partial charge in [-0.1, -0.05) is 0 Å². The predicted molar refractivity (Wildman–Crippen MR) is 64.1 cm³/mol. The van der Waals surface area contributed by atoms with Crippen molar-refractivity contribution in [3.63, 3.8) is 0 Å². The molecule has 17 heavy (non-hydrogen) atoms. The number of benzene rings is 1. The fourth-order valence-electron chi connectivity index (χ4n) is 1.37. The number of methoxy groups -OCH3 is 1. The maximum absolute atomic E-state index is 13.5. The van der Waals surface area contributed by atoms with Gasteiger partial charge in [-0.15, -0.1) is 11.3 Å². The van der Waals surface area contributed by atoms with Gasteiger partial charge in [0.1, 0.15) is 10.7 Å². The first-order chi connectivity index (χ1) is 8.11. The maximum Gasteiger partial charge on any atom is 0.178 e. The van der Waals surface area contributed by atoms with Gasteiger partial charge >= 0.3 is 0 Å². The van der Waals surface area contributed by atoms with Crippen molar-refractivity contribution >= 4 is 17.1 Å². The summed E-state index contributed by atoms with van der Waals surface area (Å²) in [5.41, 5.74) is 1.04. The van der Waals surface area contributed by atoms with E-state index in [0.29, 0.717) is 16.3 Å². The molecule has 0 aliphatic carbocycles. The van der Waals surface area contributed by atoms with Gasteiger partial charge in [0.2, 0.25) is 0 Å². The number of ether oxygens (including phenoxy) is 1. The quantitative estimate of drug-likeness (QED) is 0.786. The molecule has 0 fully saturated rings. The fourth-order valence-corrected chi connectivity index (χ4v) is 2.22. The Bertz CT molecular complexity index is 565. The molecule has 1 aromatic carbocycles. The summed E-state index contributed by atoms with van der Waals surface area (Å²) in [6.07, 6.45) is 0. The Kier molecular flexibility index (Phi) is 3.19. The van der Waals surface area contributed by atoms with E-state index in [1.165, 1.54) is 31.4 Å². The molecule has 0 unspecified atom stereocenters. The van der Waals surface area contributed by atoms with Crippen LogP contribution in [0, 0.1) is 5.82 Å². The monoisotopic (exact) mass is 251 g/mol. The Labute approximate surface area is 102 Å². The molecule has 3 nitrogen and oxygen atoms in total. The Morgan fingerprint density at radius 2 is 2.24 bits per heavy atom. The van der Waals surface area contributed by atoms with Crippen molar-refractivity contribution < 1.29 is 13.9 Å². The van der Waals surface area contributed by atoms with E-state index in [9.17, 15) is 9.18 Å². The van der Waals surface area contributed by atoms with Crippen LogP contribution in [-0.4, -0.2) is 17.9 Å². The van der Waals surface area contributed by atoms with Crippen molar-refractivity contribution in [1.82, 2.24) is 4.98 Å². The molecule has 0 aliphatic heterocycles. The third-order valence-electron chi connectivity index (χ3n) is 2.26. The van der Waals surface area contributed by atoms with Crippen LogP contribution >= 0.6 is 11.3 Å². The standard InChI is InChI=1S/C12H10FNO2S/c1-7(15)10-6-17-12(14-10)8-3-4-11(16-2)9(13)5-8/h3-6H,1-2H3. The number of rotatable bonds is 3. The molecule has 88 valence electrons. The highest BCUT2D eigenvalue weighted by Crippen LogP contribution is 2.27. The van der Waals surface area contributed by atoms with E-state index in [2.05, 4.69) is 4.98 Å². The number of thiazole rings is 1. The predicted octanol–water partition coefficient (Wildman–Crippen LogP) is 3.16. The Morgan fingerprint density at radius 1 is 1.47 bits per heavy atom. The van der Waals surface area contributed by atoms with E-state index >= 15 is 0 Å². The summed E-state index contributed by atoms with van der Waals surface area (Å²) in [5, 5.41) is 2.29. The third kappa shape index (κ3) is 2.34. The van der Waals surface area contributed by atoms with Gasteiger partial charge < -0.3 is 4.74 Å². The van der Waals surface area contributed by atoms with E-state index < -0.39 is 5.82 Å². The Balaban J connectivity index is 2.39. The fraction of sp³-hybridized carbons (Fsp3) is 0.167.